The second-order valence-electron chi connectivity index (χ2n) is 9.57. The number of anilines is 1. The van der Waals surface area contributed by atoms with E-state index in [2.05, 4.69) is 78.7 Å². The van der Waals surface area contributed by atoms with E-state index in [9.17, 15) is 0 Å². The highest BCUT2D eigenvalue weighted by molar-refractivity contribution is 5.80. The quantitative estimate of drug-likeness (QED) is 0.514. The van der Waals surface area contributed by atoms with Gasteiger partial charge in [-0.25, -0.2) is 4.98 Å². The number of nitrogens with one attached hydrogen (secondary N) is 1. The van der Waals surface area contributed by atoms with Crippen LogP contribution in [0.15, 0.2) is 54.6 Å². The van der Waals surface area contributed by atoms with Crippen LogP contribution < -0.4 is 14.8 Å². The Morgan fingerprint density at radius 1 is 1.12 bits per heavy atom. The van der Waals surface area contributed by atoms with Crippen molar-refractivity contribution in [2.75, 3.05) is 25.0 Å². The molecular weight excluding hydrogens is 410 g/mol. The van der Waals surface area contributed by atoms with Crippen LogP contribution in [0.3, 0.4) is 0 Å². The third-order valence-electron chi connectivity index (χ3n) is 6.42. The van der Waals surface area contributed by atoms with Crippen molar-refractivity contribution in [2.24, 2.45) is 0 Å². The Morgan fingerprint density at radius 2 is 1.94 bits per heavy atom. The van der Waals surface area contributed by atoms with Crippen molar-refractivity contribution >= 4 is 22.8 Å². The summed E-state index contributed by atoms with van der Waals surface area (Å²) in [6.07, 6.45) is 6.49. The summed E-state index contributed by atoms with van der Waals surface area (Å²) < 4.78 is 12.2. The predicted octanol–water partition coefficient (Wildman–Crippen LogP) is 5.89. The maximum atomic E-state index is 6.21. The minimum atomic E-state index is -0.310. The van der Waals surface area contributed by atoms with Crippen molar-refractivity contribution in [1.29, 1.82) is 0 Å². The molecule has 0 saturated carbocycles. The molecule has 0 radical (unpaired) electrons. The number of pyridine rings is 1. The standard InChI is InChI=1S/C28H33N3O2/c1-4-32-25-18-20(17-22-11-14-28(2,3)33-27(22)25)19-31-15-12-23(13-16-31)29-26-10-9-21-7-5-6-8-24(21)30-26/h5-11,14,17-18,23H,4,12-13,15-16,19H2,1-3H3,(H,29,30). The van der Waals surface area contributed by atoms with Crippen LogP contribution >= 0.6 is 0 Å². The molecule has 172 valence electrons. The molecule has 0 unspecified atom stereocenters. The normalized spacial score (nSPS) is 18.0. The SMILES string of the molecule is CCOc1cc(CN2CCC(Nc3ccc4ccccc4n3)CC2)cc2c1OC(C)(C)C=C2. The van der Waals surface area contributed by atoms with Crippen LogP contribution in [0, 0.1) is 0 Å². The topological polar surface area (TPSA) is 46.6 Å². The molecule has 2 aliphatic heterocycles. The van der Waals surface area contributed by atoms with E-state index in [0.717, 1.165) is 60.9 Å². The van der Waals surface area contributed by atoms with Gasteiger partial charge in [0.2, 0.25) is 0 Å². The zero-order valence-corrected chi connectivity index (χ0v) is 19.8. The number of benzene rings is 2. The molecule has 3 aromatic rings. The van der Waals surface area contributed by atoms with Gasteiger partial charge in [-0.2, -0.15) is 0 Å². The van der Waals surface area contributed by atoms with E-state index in [0.29, 0.717) is 12.6 Å². The highest BCUT2D eigenvalue weighted by atomic mass is 16.5. The lowest BCUT2D eigenvalue weighted by Crippen LogP contribution is -2.38. The highest BCUT2D eigenvalue weighted by Crippen LogP contribution is 2.40. The number of piperidine rings is 1. The average Bonchev–Trinajstić information content (AvgIpc) is 2.81. The van der Waals surface area contributed by atoms with Gasteiger partial charge < -0.3 is 14.8 Å². The summed E-state index contributed by atoms with van der Waals surface area (Å²) in [5, 5.41) is 4.83. The molecule has 1 fully saturated rings. The summed E-state index contributed by atoms with van der Waals surface area (Å²) in [4.78, 5) is 7.31. The molecule has 2 aliphatic rings. The molecule has 0 aliphatic carbocycles. The molecule has 2 aromatic carbocycles. The van der Waals surface area contributed by atoms with E-state index in [4.69, 9.17) is 14.5 Å². The van der Waals surface area contributed by atoms with E-state index in [1.165, 1.54) is 10.9 Å². The molecule has 0 amide bonds. The largest absolute Gasteiger partial charge is 0.490 e. The minimum absolute atomic E-state index is 0.310. The van der Waals surface area contributed by atoms with Crippen LogP contribution in [-0.2, 0) is 6.54 Å². The molecule has 1 N–H and O–H groups in total. The van der Waals surface area contributed by atoms with Crippen molar-refractivity contribution in [3.05, 3.63) is 65.7 Å². The lowest BCUT2D eigenvalue weighted by atomic mass is 9.99. The highest BCUT2D eigenvalue weighted by Gasteiger charge is 2.26. The third-order valence-corrected chi connectivity index (χ3v) is 6.42. The summed E-state index contributed by atoms with van der Waals surface area (Å²) >= 11 is 0. The molecule has 5 heteroatoms. The number of para-hydroxylation sites is 1. The Kier molecular flexibility index (Phi) is 5.98. The Hall–Kier alpha value is -3.05. The molecule has 33 heavy (non-hydrogen) atoms. The van der Waals surface area contributed by atoms with Crippen LogP contribution in [0.2, 0.25) is 0 Å². The first-order chi connectivity index (χ1) is 16.0. The average molecular weight is 444 g/mol. The number of likely N-dealkylation sites (tertiary alicyclic amines) is 1. The van der Waals surface area contributed by atoms with Gasteiger partial charge in [0.1, 0.15) is 11.4 Å². The molecular formula is C28H33N3O2. The second kappa shape index (κ2) is 9.06. The van der Waals surface area contributed by atoms with E-state index in [1.54, 1.807) is 0 Å². The Morgan fingerprint density at radius 3 is 2.76 bits per heavy atom. The summed E-state index contributed by atoms with van der Waals surface area (Å²) in [7, 11) is 0. The molecule has 0 bridgehead atoms. The van der Waals surface area contributed by atoms with E-state index in [1.807, 2.05) is 13.0 Å². The lowest BCUT2D eigenvalue weighted by Gasteiger charge is -2.33. The van der Waals surface area contributed by atoms with Gasteiger partial charge in [-0.05, 0) is 75.6 Å². The number of rotatable bonds is 6. The lowest BCUT2D eigenvalue weighted by molar-refractivity contribution is 0.149. The van der Waals surface area contributed by atoms with Crippen LogP contribution in [0.4, 0.5) is 5.82 Å². The second-order valence-corrected chi connectivity index (χ2v) is 9.57. The van der Waals surface area contributed by atoms with E-state index < -0.39 is 0 Å². The van der Waals surface area contributed by atoms with Gasteiger partial charge in [-0.3, -0.25) is 4.90 Å². The van der Waals surface area contributed by atoms with Gasteiger partial charge in [-0.1, -0.05) is 24.3 Å². The van der Waals surface area contributed by atoms with Gasteiger partial charge in [0, 0.05) is 36.6 Å². The fourth-order valence-electron chi connectivity index (χ4n) is 4.71. The van der Waals surface area contributed by atoms with Crippen molar-refractivity contribution in [3.63, 3.8) is 0 Å². The smallest absolute Gasteiger partial charge is 0.169 e. The number of hydrogen-bond acceptors (Lipinski definition) is 5. The number of ether oxygens (including phenoxy) is 2. The van der Waals surface area contributed by atoms with Crippen LogP contribution in [-0.4, -0.2) is 41.2 Å². The van der Waals surface area contributed by atoms with E-state index in [-0.39, 0.29) is 5.60 Å². The molecule has 0 spiro atoms. The fraction of sp³-hybridized carbons (Fsp3) is 0.393. The van der Waals surface area contributed by atoms with Gasteiger partial charge >= 0.3 is 0 Å². The van der Waals surface area contributed by atoms with Gasteiger partial charge in [-0.15, -0.1) is 0 Å². The molecule has 3 heterocycles. The van der Waals surface area contributed by atoms with Crippen LogP contribution in [0.25, 0.3) is 17.0 Å². The maximum Gasteiger partial charge on any atom is 0.169 e. The maximum absolute atomic E-state index is 6.21. The molecule has 5 nitrogen and oxygen atoms in total. The summed E-state index contributed by atoms with van der Waals surface area (Å²) in [6.45, 7) is 9.83. The summed E-state index contributed by atoms with van der Waals surface area (Å²) in [5.41, 5.74) is 3.11. The van der Waals surface area contributed by atoms with E-state index >= 15 is 0 Å². The zero-order chi connectivity index (χ0) is 22.8. The van der Waals surface area contributed by atoms with Gasteiger partial charge in [0.05, 0.1) is 12.1 Å². The van der Waals surface area contributed by atoms with Crippen molar-refractivity contribution in [2.45, 2.75) is 51.8 Å². The Labute approximate surface area is 196 Å². The first-order valence-electron chi connectivity index (χ1n) is 12.0. The van der Waals surface area contributed by atoms with Crippen molar-refractivity contribution < 1.29 is 9.47 Å². The van der Waals surface area contributed by atoms with Gasteiger partial charge in [0.15, 0.2) is 11.5 Å². The molecule has 0 atom stereocenters. The first kappa shape index (κ1) is 21.8. The Bertz CT molecular complexity index is 1160. The third kappa shape index (κ3) is 4.98. The minimum Gasteiger partial charge on any atom is -0.490 e. The van der Waals surface area contributed by atoms with Crippen molar-refractivity contribution in [1.82, 2.24) is 9.88 Å². The summed E-state index contributed by atoms with van der Waals surface area (Å²) in [6, 6.07) is 17.3. The zero-order valence-electron chi connectivity index (χ0n) is 19.8. The summed E-state index contributed by atoms with van der Waals surface area (Å²) in [5.74, 6) is 2.68. The number of nitrogens with zero attached hydrogens (tertiary/aromatic N) is 2. The van der Waals surface area contributed by atoms with Crippen LogP contribution in [0.1, 0.15) is 44.7 Å². The molecule has 5 rings (SSSR count). The fourth-order valence-corrected chi connectivity index (χ4v) is 4.71. The molecule has 1 aromatic heterocycles. The van der Waals surface area contributed by atoms with Crippen molar-refractivity contribution in [3.8, 4) is 11.5 Å². The number of fused-ring (bicyclic) bond motifs is 2. The predicted molar refractivity (Wildman–Crippen MR) is 135 cm³/mol. The first-order valence-corrected chi connectivity index (χ1v) is 12.0. The van der Waals surface area contributed by atoms with Crippen LogP contribution in [0.5, 0.6) is 11.5 Å². The Balaban J connectivity index is 1.22. The number of hydrogen-bond donors (Lipinski definition) is 1. The van der Waals surface area contributed by atoms with Gasteiger partial charge in [0.25, 0.3) is 0 Å². The number of aromatic nitrogens is 1. The monoisotopic (exact) mass is 443 g/mol. The molecule has 1 saturated heterocycles.